The predicted molar refractivity (Wildman–Crippen MR) is 108 cm³/mol. The maximum Gasteiger partial charge on any atom is 0.317 e. The van der Waals surface area contributed by atoms with Crippen molar-refractivity contribution >= 4 is 33.3 Å². The summed E-state index contributed by atoms with van der Waals surface area (Å²) in [6, 6.07) is 10.9. The number of hydrogen-bond donors (Lipinski definition) is 2. The van der Waals surface area contributed by atoms with E-state index in [4.69, 9.17) is 5.11 Å². The first-order valence-electron chi connectivity index (χ1n) is 9.15. The number of carboxylic acid groups (broad SMARTS) is 1. The van der Waals surface area contributed by atoms with Crippen LogP contribution in [0.3, 0.4) is 0 Å². The average Bonchev–Trinajstić information content (AvgIpc) is 3.08. The Hall–Kier alpha value is -2.51. The molecule has 1 aliphatic carbocycles. The van der Waals surface area contributed by atoms with Crippen LogP contribution in [-0.2, 0) is 4.79 Å². The molecule has 3 aromatic rings. The maximum atomic E-state index is 11.0. The molecule has 2 N–H and O–H groups in total. The van der Waals surface area contributed by atoms with Gasteiger partial charge in [0.15, 0.2) is 0 Å². The van der Waals surface area contributed by atoms with Crippen LogP contribution in [0.5, 0.6) is 0 Å². The Morgan fingerprint density at radius 1 is 1.30 bits per heavy atom. The highest BCUT2D eigenvalue weighted by molar-refractivity contribution is 7.17. The molecule has 1 aromatic carbocycles. The first kappa shape index (κ1) is 17.9. The fourth-order valence-corrected chi connectivity index (χ4v) is 4.60. The van der Waals surface area contributed by atoms with E-state index < -0.39 is 5.97 Å². The fraction of sp³-hybridized carbons (Fsp3) is 0.350. The molecule has 0 spiro atoms. The van der Waals surface area contributed by atoms with E-state index >= 15 is 0 Å². The number of anilines is 1. The first-order valence-corrected chi connectivity index (χ1v) is 10.0. The van der Waals surface area contributed by atoms with Gasteiger partial charge in [0, 0.05) is 23.0 Å². The molecule has 1 saturated carbocycles. The second-order valence-corrected chi connectivity index (χ2v) is 7.70. The lowest BCUT2D eigenvalue weighted by atomic mass is 9.85. The highest BCUT2D eigenvalue weighted by Gasteiger charge is 2.34. The van der Waals surface area contributed by atoms with Gasteiger partial charge in [0.25, 0.3) is 0 Å². The monoisotopic (exact) mass is 382 g/mol. The van der Waals surface area contributed by atoms with E-state index in [0.717, 1.165) is 46.5 Å². The molecule has 0 saturated heterocycles. The zero-order valence-corrected chi connectivity index (χ0v) is 15.9. The summed E-state index contributed by atoms with van der Waals surface area (Å²) < 4.78 is 0. The van der Waals surface area contributed by atoms with Crippen LogP contribution in [0.2, 0.25) is 0 Å². The van der Waals surface area contributed by atoms with Crippen molar-refractivity contribution in [2.45, 2.75) is 31.8 Å². The second kappa shape index (κ2) is 7.62. The lowest BCUT2D eigenvalue weighted by Crippen LogP contribution is -2.51. The second-order valence-electron chi connectivity index (χ2n) is 6.84. The van der Waals surface area contributed by atoms with Crippen LogP contribution in [0.1, 0.15) is 19.8 Å². The Morgan fingerprint density at radius 3 is 2.78 bits per heavy atom. The Bertz CT molecular complexity index is 938. The number of benzene rings is 1. The molecule has 4 rings (SSSR count). The largest absolute Gasteiger partial charge is 0.480 e. The SMILES string of the molecule is CCN(CC(=O)O)C1CC(Nc2ncnc3scc(-c4ccccc4)c23)C1. The van der Waals surface area contributed by atoms with Crippen LogP contribution in [0, 0.1) is 0 Å². The minimum Gasteiger partial charge on any atom is -0.480 e. The van der Waals surface area contributed by atoms with Gasteiger partial charge >= 0.3 is 5.97 Å². The number of nitrogens with one attached hydrogen (secondary N) is 1. The van der Waals surface area contributed by atoms with Crippen molar-refractivity contribution in [1.29, 1.82) is 0 Å². The Balaban J connectivity index is 1.52. The molecule has 2 aromatic heterocycles. The van der Waals surface area contributed by atoms with Gasteiger partial charge in [0.2, 0.25) is 0 Å². The molecule has 0 amide bonds. The molecule has 0 atom stereocenters. The van der Waals surface area contributed by atoms with E-state index in [1.165, 1.54) is 0 Å². The van der Waals surface area contributed by atoms with Gasteiger partial charge in [0.05, 0.1) is 11.9 Å². The maximum absolute atomic E-state index is 11.0. The van der Waals surface area contributed by atoms with Crippen molar-refractivity contribution in [2.75, 3.05) is 18.4 Å². The summed E-state index contributed by atoms with van der Waals surface area (Å²) >= 11 is 1.63. The quantitative estimate of drug-likeness (QED) is 0.649. The lowest BCUT2D eigenvalue weighted by Gasteiger charge is -2.42. The van der Waals surface area contributed by atoms with Gasteiger partial charge in [-0.3, -0.25) is 9.69 Å². The van der Waals surface area contributed by atoms with Crippen molar-refractivity contribution in [3.63, 3.8) is 0 Å². The van der Waals surface area contributed by atoms with Crippen LogP contribution in [0.15, 0.2) is 42.0 Å². The van der Waals surface area contributed by atoms with Crippen molar-refractivity contribution < 1.29 is 9.90 Å². The molecular formula is C20H22N4O2S. The number of aromatic nitrogens is 2. The number of nitrogens with zero attached hydrogens (tertiary/aromatic N) is 3. The van der Waals surface area contributed by atoms with Crippen molar-refractivity contribution in [3.8, 4) is 11.1 Å². The summed E-state index contributed by atoms with van der Waals surface area (Å²) in [5, 5.41) is 15.8. The number of thiophene rings is 1. The molecule has 0 bridgehead atoms. The van der Waals surface area contributed by atoms with Gasteiger partial charge in [-0.25, -0.2) is 9.97 Å². The van der Waals surface area contributed by atoms with Crippen LogP contribution < -0.4 is 5.32 Å². The number of rotatable bonds is 7. The van der Waals surface area contributed by atoms with Gasteiger partial charge in [-0.15, -0.1) is 11.3 Å². The molecule has 1 aliphatic rings. The van der Waals surface area contributed by atoms with Crippen molar-refractivity contribution in [2.24, 2.45) is 0 Å². The molecule has 0 aliphatic heterocycles. The van der Waals surface area contributed by atoms with E-state index in [2.05, 4.69) is 32.8 Å². The van der Waals surface area contributed by atoms with Gasteiger partial charge in [-0.05, 0) is 24.9 Å². The average molecular weight is 382 g/mol. The van der Waals surface area contributed by atoms with E-state index in [0.29, 0.717) is 12.1 Å². The summed E-state index contributed by atoms with van der Waals surface area (Å²) in [5.41, 5.74) is 2.31. The van der Waals surface area contributed by atoms with Gasteiger partial charge < -0.3 is 10.4 Å². The van der Waals surface area contributed by atoms with Crippen LogP contribution in [0.4, 0.5) is 5.82 Å². The topological polar surface area (TPSA) is 78.4 Å². The third kappa shape index (κ3) is 3.65. The first-order chi connectivity index (χ1) is 13.2. The number of carbonyl (C=O) groups is 1. The molecule has 0 unspecified atom stereocenters. The van der Waals surface area contributed by atoms with Crippen LogP contribution >= 0.6 is 11.3 Å². The number of hydrogen-bond acceptors (Lipinski definition) is 6. The Labute approximate surface area is 161 Å². The third-order valence-corrected chi connectivity index (χ3v) is 6.06. The summed E-state index contributed by atoms with van der Waals surface area (Å²) in [7, 11) is 0. The number of likely N-dealkylation sites (N-methyl/N-ethyl adjacent to an activating group) is 1. The van der Waals surface area contributed by atoms with E-state index in [1.807, 2.05) is 30.0 Å². The van der Waals surface area contributed by atoms with Gasteiger partial charge in [-0.1, -0.05) is 37.3 Å². The lowest BCUT2D eigenvalue weighted by molar-refractivity contribution is -0.139. The number of carboxylic acids is 1. The van der Waals surface area contributed by atoms with Crippen molar-refractivity contribution in [3.05, 3.63) is 42.0 Å². The van der Waals surface area contributed by atoms with Crippen LogP contribution in [-0.4, -0.2) is 51.1 Å². The molecule has 7 heteroatoms. The molecule has 6 nitrogen and oxygen atoms in total. The number of aliphatic carboxylic acids is 1. The summed E-state index contributed by atoms with van der Waals surface area (Å²) in [5.74, 6) is 0.0985. The summed E-state index contributed by atoms with van der Waals surface area (Å²) in [4.78, 5) is 22.9. The Kier molecular flexibility index (Phi) is 5.05. The predicted octanol–water partition coefficient (Wildman–Crippen LogP) is 3.71. The fourth-order valence-electron chi connectivity index (χ4n) is 3.68. The highest BCUT2D eigenvalue weighted by Crippen LogP contribution is 2.38. The molecule has 0 radical (unpaired) electrons. The van der Waals surface area contributed by atoms with E-state index in [-0.39, 0.29) is 6.54 Å². The Morgan fingerprint density at radius 2 is 2.07 bits per heavy atom. The smallest absolute Gasteiger partial charge is 0.317 e. The van der Waals surface area contributed by atoms with Gasteiger partial charge in [-0.2, -0.15) is 0 Å². The van der Waals surface area contributed by atoms with Crippen LogP contribution in [0.25, 0.3) is 21.3 Å². The molecule has 1 fully saturated rings. The standard InChI is InChI=1S/C20H22N4O2S/c1-2-24(10-17(25)26)15-8-14(9-15)23-19-18-16(13-6-4-3-5-7-13)11-27-20(18)22-12-21-19/h3-7,11-12,14-15H,2,8-10H2,1H3,(H,25,26)(H,21,22,23). The molecule has 27 heavy (non-hydrogen) atoms. The van der Waals surface area contributed by atoms with E-state index in [9.17, 15) is 4.79 Å². The third-order valence-electron chi connectivity index (χ3n) is 5.17. The zero-order chi connectivity index (χ0) is 18.8. The van der Waals surface area contributed by atoms with Crippen molar-refractivity contribution in [1.82, 2.24) is 14.9 Å². The summed E-state index contributed by atoms with van der Waals surface area (Å²) in [6.45, 7) is 2.87. The van der Waals surface area contributed by atoms with Gasteiger partial charge in [0.1, 0.15) is 17.0 Å². The zero-order valence-electron chi connectivity index (χ0n) is 15.1. The number of fused-ring (bicyclic) bond motifs is 1. The summed E-state index contributed by atoms with van der Waals surface area (Å²) in [6.07, 6.45) is 3.46. The molecule has 140 valence electrons. The molecular weight excluding hydrogens is 360 g/mol. The minimum absolute atomic E-state index is 0.105. The normalized spacial score (nSPS) is 19.2. The van der Waals surface area contributed by atoms with E-state index in [1.54, 1.807) is 17.7 Å². The minimum atomic E-state index is -0.767. The highest BCUT2D eigenvalue weighted by atomic mass is 32.1. The molecule has 2 heterocycles.